The summed E-state index contributed by atoms with van der Waals surface area (Å²) in [6.45, 7) is 2.62. The third-order valence-electron chi connectivity index (χ3n) is 5.01. The Hall–Kier alpha value is -3.26. The van der Waals surface area contributed by atoms with E-state index in [4.69, 9.17) is 5.73 Å². The highest BCUT2D eigenvalue weighted by atomic mass is 32.1. The van der Waals surface area contributed by atoms with Crippen LogP contribution in [0.15, 0.2) is 47.8 Å². The molecular formula is C20H18N6OS. The molecule has 5 rings (SSSR count). The number of benzene rings is 1. The molecule has 8 heteroatoms. The SMILES string of the molecule is Nc1nc(N2CCN(C(=O)c3ccc4ccccc4n3)CC2)c2ccsc2n1. The summed E-state index contributed by atoms with van der Waals surface area (Å²) in [4.78, 5) is 31.1. The summed E-state index contributed by atoms with van der Waals surface area (Å²) < 4.78 is 0. The highest BCUT2D eigenvalue weighted by Gasteiger charge is 2.25. The smallest absolute Gasteiger partial charge is 0.272 e. The maximum absolute atomic E-state index is 12.9. The van der Waals surface area contributed by atoms with Crippen LogP contribution in [0.5, 0.6) is 0 Å². The topological polar surface area (TPSA) is 88.2 Å². The Morgan fingerprint density at radius 3 is 2.64 bits per heavy atom. The number of piperazine rings is 1. The van der Waals surface area contributed by atoms with E-state index in [1.54, 1.807) is 17.4 Å². The molecule has 4 heterocycles. The van der Waals surface area contributed by atoms with Crippen molar-refractivity contribution in [1.82, 2.24) is 19.9 Å². The van der Waals surface area contributed by atoms with Gasteiger partial charge in [0.05, 0.1) is 10.9 Å². The van der Waals surface area contributed by atoms with Crippen molar-refractivity contribution >= 4 is 50.1 Å². The zero-order valence-electron chi connectivity index (χ0n) is 15.1. The third kappa shape index (κ3) is 2.91. The van der Waals surface area contributed by atoms with Crippen LogP contribution in [0.1, 0.15) is 10.5 Å². The number of nitrogens with zero attached hydrogens (tertiary/aromatic N) is 5. The number of pyridine rings is 1. The molecule has 2 N–H and O–H groups in total. The first kappa shape index (κ1) is 16.9. The van der Waals surface area contributed by atoms with E-state index in [-0.39, 0.29) is 11.9 Å². The summed E-state index contributed by atoms with van der Waals surface area (Å²) in [6, 6.07) is 13.6. The molecule has 4 aromatic rings. The molecule has 1 amide bonds. The molecule has 1 aliphatic heterocycles. The molecule has 28 heavy (non-hydrogen) atoms. The fourth-order valence-electron chi connectivity index (χ4n) is 3.57. The second-order valence-corrected chi connectivity index (χ2v) is 7.61. The first-order chi connectivity index (χ1) is 13.7. The molecule has 1 fully saturated rings. The summed E-state index contributed by atoms with van der Waals surface area (Å²) in [5, 5.41) is 4.04. The Morgan fingerprint density at radius 2 is 1.79 bits per heavy atom. The van der Waals surface area contributed by atoms with Gasteiger partial charge in [0, 0.05) is 31.6 Å². The molecule has 0 aliphatic carbocycles. The van der Waals surface area contributed by atoms with Crippen LogP contribution in [0.25, 0.3) is 21.1 Å². The van der Waals surface area contributed by atoms with Crippen LogP contribution in [0.4, 0.5) is 11.8 Å². The summed E-state index contributed by atoms with van der Waals surface area (Å²) in [5.41, 5.74) is 7.19. The maximum Gasteiger partial charge on any atom is 0.272 e. The van der Waals surface area contributed by atoms with Gasteiger partial charge in [-0.3, -0.25) is 4.79 Å². The lowest BCUT2D eigenvalue weighted by Crippen LogP contribution is -2.49. The fraction of sp³-hybridized carbons (Fsp3) is 0.200. The van der Waals surface area contributed by atoms with E-state index in [9.17, 15) is 4.79 Å². The zero-order chi connectivity index (χ0) is 19.1. The normalized spacial score (nSPS) is 14.7. The van der Waals surface area contributed by atoms with Crippen molar-refractivity contribution in [2.24, 2.45) is 0 Å². The molecule has 140 valence electrons. The molecule has 0 saturated carbocycles. The molecule has 1 saturated heterocycles. The second kappa shape index (κ2) is 6.72. The van der Waals surface area contributed by atoms with Crippen molar-refractivity contribution in [1.29, 1.82) is 0 Å². The van der Waals surface area contributed by atoms with E-state index in [0.29, 0.717) is 31.9 Å². The molecule has 3 aromatic heterocycles. The number of rotatable bonds is 2. The Balaban J connectivity index is 1.34. The number of fused-ring (bicyclic) bond motifs is 2. The largest absolute Gasteiger partial charge is 0.368 e. The number of carbonyl (C=O) groups is 1. The lowest BCUT2D eigenvalue weighted by Gasteiger charge is -2.35. The van der Waals surface area contributed by atoms with Crippen molar-refractivity contribution in [3.63, 3.8) is 0 Å². The molecule has 0 radical (unpaired) electrons. The van der Waals surface area contributed by atoms with E-state index in [2.05, 4.69) is 19.9 Å². The van der Waals surface area contributed by atoms with Crippen LogP contribution >= 0.6 is 11.3 Å². The van der Waals surface area contributed by atoms with Gasteiger partial charge in [-0.15, -0.1) is 11.3 Å². The second-order valence-electron chi connectivity index (χ2n) is 6.71. The Kier molecular flexibility index (Phi) is 4.05. The van der Waals surface area contributed by atoms with Gasteiger partial charge in [-0.25, -0.2) is 9.97 Å². The molecule has 0 atom stereocenters. The minimum absolute atomic E-state index is 0.0340. The number of thiophene rings is 1. The van der Waals surface area contributed by atoms with Gasteiger partial charge in [-0.05, 0) is 23.6 Å². The number of aromatic nitrogens is 3. The standard InChI is InChI=1S/C20H18N6OS/c21-20-23-17(14-7-12-28-18(14)24-20)25-8-10-26(11-9-25)19(27)16-6-5-13-3-1-2-4-15(13)22-16/h1-7,12H,8-11H2,(H2,21,23,24). The number of carbonyl (C=O) groups excluding carboxylic acids is 1. The van der Waals surface area contributed by atoms with Gasteiger partial charge in [0.15, 0.2) is 0 Å². The minimum Gasteiger partial charge on any atom is -0.368 e. The number of nitrogens with two attached hydrogens (primary N) is 1. The predicted octanol–water partition coefficient (Wildman–Crippen LogP) is 2.78. The minimum atomic E-state index is -0.0340. The molecule has 0 bridgehead atoms. The van der Waals surface area contributed by atoms with Gasteiger partial charge in [0.2, 0.25) is 5.95 Å². The first-order valence-electron chi connectivity index (χ1n) is 9.10. The number of hydrogen-bond donors (Lipinski definition) is 1. The van der Waals surface area contributed by atoms with Gasteiger partial charge in [0.1, 0.15) is 16.3 Å². The fourth-order valence-corrected chi connectivity index (χ4v) is 4.33. The Bertz CT molecular complexity index is 1180. The molecule has 0 unspecified atom stereocenters. The maximum atomic E-state index is 12.9. The van der Waals surface area contributed by atoms with Crippen molar-refractivity contribution in [2.45, 2.75) is 0 Å². The van der Waals surface area contributed by atoms with Crippen molar-refractivity contribution in [3.05, 3.63) is 53.5 Å². The highest BCUT2D eigenvalue weighted by molar-refractivity contribution is 7.16. The van der Waals surface area contributed by atoms with Crippen LogP contribution in [0, 0.1) is 0 Å². The van der Waals surface area contributed by atoms with E-state index in [1.165, 1.54) is 0 Å². The summed E-state index contributed by atoms with van der Waals surface area (Å²) >= 11 is 1.55. The third-order valence-corrected chi connectivity index (χ3v) is 5.81. The van der Waals surface area contributed by atoms with E-state index in [1.807, 2.05) is 46.7 Å². The van der Waals surface area contributed by atoms with Crippen molar-refractivity contribution in [2.75, 3.05) is 36.8 Å². The van der Waals surface area contributed by atoms with Crippen molar-refractivity contribution < 1.29 is 4.79 Å². The van der Waals surface area contributed by atoms with Crippen LogP contribution in [-0.2, 0) is 0 Å². The molecular weight excluding hydrogens is 372 g/mol. The predicted molar refractivity (Wildman–Crippen MR) is 112 cm³/mol. The molecule has 0 spiro atoms. The number of anilines is 2. The summed E-state index contributed by atoms with van der Waals surface area (Å²) in [5.74, 6) is 1.09. The number of amides is 1. The Morgan fingerprint density at radius 1 is 0.964 bits per heavy atom. The zero-order valence-corrected chi connectivity index (χ0v) is 15.9. The van der Waals surface area contributed by atoms with Gasteiger partial charge < -0.3 is 15.5 Å². The van der Waals surface area contributed by atoms with Crippen LogP contribution < -0.4 is 10.6 Å². The van der Waals surface area contributed by atoms with Gasteiger partial charge in [-0.1, -0.05) is 24.3 Å². The lowest BCUT2D eigenvalue weighted by atomic mass is 10.2. The quantitative estimate of drug-likeness (QED) is 0.566. The average Bonchev–Trinajstić information content (AvgIpc) is 3.21. The number of hydrogen-bond acceptors (Lipinski definition) is 7. The van der Waals surface area contributed by atoms with Gasteiger partial charge >= 0.3 is 0 Å². The molecule has 7 nitrogen and oxygen atoms in total. The van der Waals surface area contributed by atoms with Gasteiger partial charge in [0.25, 0.3) is 5.91 Å². The van der Waals surface area contributed by atoms with Crippen LogP contribution in [0.2, 0.25) is 0 Å². The van der Waals surface area contributed by atoms with E-state index >= 15 is 0 Å². The number of nitrogen functional groups attached to an aromatic ring is 1. The number of para-hydroxylation sites is 1. The first-order valence-corrected chi connectivity index (χ1v) is 9.98. The van der Waals surface area contributed by atoms with E-state index in [0.717, 1.165) is 26.9 Å². The highest BCUT2D eigenvalue weighted by Crippen LogP contribution is 2.29. The molecule has 1 aliphatic rings. The monoisotopic (exact) mass is 390 g/mol. The summed E-state index contributed by atoms with van der Waals surface area (Å²) in [7, 11) is 0. The van der Waals surface area contributed by atoms with Crippen LogP contribution in [0.3, 0.4) is 0 Å². The average molecular weight is 390 g/mol. The van der Waals surface area contributed by atoms with Crippen molar-refractivity contribution in [3.8, 4) is 0 Å². The summed E-state index contributed by atoms with van der Waals surface area (Å²) in [6.07, 6.45) is 0. The Labute approximate surface area is 165 Å². The van der Waals surface area contributed by atoms with Gasteiger partial charge in [-0.2, -0.15) is 4.98 Å². The van der Waals surface area contributed by atoms with Crippen LogP contribution in [-0.4, -0.2) is 51.9 Å². The lowest BCUT2D eigenvalue weighted by molar-refractivity contribution is 0.0741. The molecule has 1 aromatic carbocycles. The van der Waals surface area contributed by atoms with E-state index < -0.39 is 0 Å².